The smallest absolute Gasteiger partial charge is 0.138 e. The minimum Gasteiger partial charge on any atom is -0.361 e. The van der Waals surface area contributed by atoms with E-state index in [9.17, 15) is 0 Å². The molecular formula is C11H18N2O. The topological polar surface area (TPSA) is 38.1 Å². The SMILES string of the molecule is C=CCC(C)NCc1c(C)noc1C. The van der Waals surface area contributed by atoms with Crippen molar-refractivity contribution in [3.63, 3.8) is 0 Å². The van der Waals surface area contributed by atoms with Crippen molar-refractivity contribution in [2.45, 2.75) is 39.8 Å². The van der Waals surface area contributed by atoms with Crippen LogP contribution in [0.2, 0.25) is 0 Å². The zero-order chi connectivity index (χ0) is 10.6. The lowest BCUT2D eigenvalue weighted by molar-refractivity contribution is 0.391. The highest BCUT2D eigenvalue weighted by molar-refractivity contribution is 5.20. The zero-order valence-electron chi connectivity index (χ0n) is 9.13. The van der Waals surface area contributed by atoms with E-state index in [1.54, 1.807) is 0 Å². The maximum absolute atomic E-state index is 5.08. The van der Waals surface area contributed by atoms with Gasteiger partial charge in [0.25, 0.3) is 0 Å². The van der Waals surface area contributed by atoms with Crippen LogP contribution in [0.5, 0.6) is 0 Å². The summed E-state index contributed by atoms with van der Waals surface area (Å²) in [5.74, 6) is 0.904. The summed E-state index contributed by atoms with van der Waals surface area (Å²) in [5.41, 5.74) is 2.14. The van der Waals surface area contributed by atoms with E-state index >= 15 is 0 Å². The molecule has 0 aliphatic rings. The monoisotopic (exact) mass is 194 g/mol. The Balaban J connectivity index is 2.48. The molecule has 0 aliphatic heterocycles. The third-order valence-electron chi connectivity index (χ3n) is 2.33. The highest BCUT2D eigenvalue weighted by Crippen LogP contribution is 2.11. The van der Waals surface area contributed by atoms with E-state index in [0.717, 1.165) is 24.4 Å². The fraction of sp³-hybridized carbons (Fsp3) is 0.545. The van der Waals surface area contributed by atoms with E-state index in [-0.39, 0.29) is 0 Å². The predicted molar refractivity (Wildman–Crippen MR) is 57.1 cm³/mol. The Morgan fingerprint density at radius 2 is 2.29 bits per heavy atom. The van der Waals surface area contributed by atoms with Gasteiger partial charge in [-0.1, -0.05) is 11.2 Å². The molecular weight excluding hydrogens is 176 g/mol. The van der Waals surface area contributed by atoms with Crippen LogP contribution in [0.4, 0.5) is 0 Å². The number of aryl methyl sites for hydroxylation is 2. The highest BCUT2D eigenvalue weighted by Gasteiger charge is 2.09. The molecule has 3 heteroatoms. The molecule has 3 nitrogen and oxygen atoms in total. The van der Waals surface area contributed by atoms with Crippen LogP contribution in [0.25, 0.3) is 0 Å². The lowest BCUT2D eigenvalue weighted by atomic mass is 10.2. The standard InChI is InChI=1S/C11H18N2O/c1-5-6-8(2)12-7-11-9(3)13-14-10(11)4/h5,8,12H,1,6-7H2,2-4H3. The van der Waals surface area contributed by atoms with Crippen LogP contribution >= 0.6 is 0 Å². The molecule has 0 saturated heterocycles. The largest absolute Gasteiger partial charge is 0.361 e. The minimum atomic E-state index is 0.446. The predicted octanol–water partition coefficient (Wildman–Crippen LogP) is 2.35. The number of hydrogen-bond donors (Lipinski definition) is 1. The lowest BCUT2D eigenvalue weighted by Crippen LogP contribution is -2.25. The summed E-state index contributed by atoms with van der Waals surface area (Å²) in [7, 11) is 0. The normalized spacial score (nSPS) is 12.8. The molecule has 0 fully saturated rings. The summed E-state index contributed by atoms with van der Waals surface area (Å²) in [6.07, 6.45) is 2.90. The molecule has 1 aromatic rings. The summed E-state index contributed by atoms with van der Waals surface area (Å²) in [5, 5.41) is 7.30. The minimum absolute atomic E-state index is 0.446. The number of aromatic nitrogens is 1. The van der Waals surface area contributed by atoms with E-state index in [0.29, 0.717) is 6.04 Å². The van der Waals surface area contributed by atoms with Gasteiger partial charge in [-0.3, -0.25) is 0 Å². The van der Waals surface area contributed by atoms with E-state index < -0.39 is 0 Å². The van der Waals surface area contributed by atoms with Gasteiger partial charge in [0.2, 0.25) is 0 Å². The first kappa shape index (κ1) is 11.0. The number of nitrogens with one attached hydrogen (secondary N) is 1. The van der Waals surface area contributed by atoms with Crippen LogP contribution in [-0.4, -0.2) is 11.2 Å². The third-order valence-corrected chi connectivity index (χ3v) is 2.33. The Morgan fingerprint density at radius 1 is 1.57 bits per heavy atom. The van der Waals surface area contributed by atoms with Gasteiger partial charge in [0, 0.05) is 18.2 Å². The van der Waals surface area contributed by atoms with Gasteiger partial charge in [-0.25, -0.2) is 0 Å². The average molecular weight is 194 g/mol. The van der Waals surface area contributed by atoms with Gasteiger partial charge in [-0.2, -0.15) is 0 Å². The first-order chi connectivity index (χ1) is 6.65. The molecule has 1 heterocycles. The molecule has 78 valence electrons. The highest BCUT2D eigenvalue weighted by atomic mass is 16.5. The summed E-state index contributed by atoms with van der Waals surface area (Å²) in [6.45, 7) is 10.6. The van der Waals surface area contributed by atoms with Gasteiger partial charge in [-0.05, 0) is 27.2 Å². The average Bonchev–Trinajstić information content (AvgIpc) is 2.44. The molecule has 1 aromatic heterocycles. The van der Waals surface area contributed by atoms with Gasteiger partial charge in [0.1, 0.15) is 5.76 Å². The van der Waals surface area contributed by atoms with Crippen LogP contribution in [0.15, 0.2) is 17.2 Å². The lowest BCUT2D eigenvalue weighted by Gasteiger charge is -2.10. The van der Waals surface area contributed by atoms with Crippen LogP contribution in [0.1, 0.15) is 30.4 Å². The first-order valence-electron chi connectivity index (χ1n) is 4.91. The molecule has 1 rings (SSSR count). The quantitative estimate of drug-likeness (QED) is 0.731. The van der Waals surface area contributed by atoms with E-state index in [4.69, 9.17) is 4.52 Å². The van der Waals surface area contributed by atoms with Gasteiger partial charge in [0.15, 0.2) is 0 Å². The van der Waals surface area contributed by atoms with Crippen molar-refractivity contribution in [1.29, 1.82) is 0 Å². The molecule has 0 aliphatic carbocycles. The molecule has 0 aromatic carbocycles. The van der Waals surface area contributed by atoms with Crippen LogP contribution in [0, 0.1) is 13.8 Å². The Morgan fingerprint density at radius 3 is 2.79 bits per heavy atom. The second-order valence-electron chi connectivity index (χ2n) is 3.61. The van der Waals surface area contributed by atoms with Crippen molar-refractivity contribution in [3.8, 4) is 0 Å². The van der Waals surface area contributed by atoms with Gasteiger partial charge in [0.05, 0.1) is 5.69 Å². The molecule has 1 unspecified atom stereocenters. The van der Waals surface area contributed by atoms with E-state index in [1.165, 1.54) is 5.56 Å². The molecule has 0 amide bonds. The van der Waals surface area contributed by atoms with Crippen molar-refractivity contribution in [3.05, 3.63) is 29.7 Å². The molecule has 0 bridgehead atoms. The molecule has 0 saturated carbocycles. The molecule has 0 spiro atoms. The van der Waals surface area contributed by atoms with E-state index in [2.05, 4.69) is 24.0 Å². The summed E-state index contributed by atoms with van der Waals surface area (Å²) >= 11 is 0. The van der Waals surface area contributed by atoms with Crippen molar-refractivity contribution in [2.75, 3.05) is 0 Å². The van der Waals surface area contributed by atoms with Crippen LogP contribution in [-0.2, 0) is 6.54 Å². The molecule has 1 N–H and O–H groups in total. The molecule has 14 heavy (non-hydrogen) atoms. The third kappa shape index (κ3) is 2.70. The zero-order valence-corrected chi connectivity index (χ0v) is 9.13. The second-order valence-corrected chi connectivity index (χ2v) is 3.61. The fourth-order valence-corrected chi connectivity index (χ4v) is 1.36. The van der Waals surface area contributed by atoms with Crippen molar-refractivity contribution >= 4 is 0 Å². The van der Waals surface area contributed by atoms with Gasteiger partial charge >= 0.3 is 0 Å². The summed E-state index contributed by atoms with van der Waals surface area (Å²) in [6, 6.07) is 0.446. The first-order valence-corrected chi connectivity index (χ1v) is 4.91. The molecule has 0 radical (unpaired) electrons. The van der Waals surface area contributed by atoms with E-state index in [1.807, 2.05) is 19.9 Å². The summed E-state index contributed by atoms with van der Waals surface area (Å²) in [4.78, 5) is 0. The Bertz CT molecular complexity index is 285. The Hall–Kier alpha value is -1.09. The maximum Gasteiger partial charge on any atom is 0.138 e. The van der Waals surface area contributed by atoms with Crippen LogP contribution in [0.3, 0.4) is 0 Å². The van der Waals surface area contributed by atoms with Crippen molar-refractivity contribution in [2.24, 2.45) is 0 Å². The Labute approximate surface area is 85.2 Å². The molecule has 1 atom stereocenters. The Kier molecular flexibility index (Phi) is 3.89. The van der Waals surface area contributed by atoms with Gasteiger partial charge < -0.3 is 9.84 Å². The van der Waals surface area contributed by atoms with Crippen molar-refractivity contribution in [1.82, 2.24) is 10.5 Å². The number of nitrogens with zero attached hydrogens (tertiary/aromatic N) is 1. The fourth-order valence-electron chi connectivity index (χ4n) is 1.36. The number of rotatable bonds is 5. The maximum atomic E-state index is 5.08. The van der Waals surface area contributed by atoms with Crippen LogP contribution < -0.4 is 5.32 Å². The summed E-state index contributed by atoms with van der Waals surface area (Å²) < 4.78 is 5.08. The second kappa shape index (κ2) is 4.96. The van der Waals surface area contributed by atoms with Crippen molar-refractivity contribution < 1.29 is 4.52 Å². The van der Waals surface area contributed by atoms with Gasteiger partial charge in [-0.15, -0.1) is 6.58 Å². The number of hydrogen-bond acceptors (Lipinski definition) is 3.